The molecule has 0 spiro atoms. The number of nitrogens with one attached hydrogen (secondary N) is 1. The molecule has 0 unspecified atom stereocenters. The Morgan fingerprint density at radius 3 is 2.74 bits per heavy atom. The van der Waals surface area contributed by atoms with Crippen molar-refractivity contribution in [1.29, 1.82) is 0 Å². The van der Waals surface area contributed by atoms with Gasteiger partial charge < -0.3 is 5.32 Å². The van der Waals surface area contributed by atoms with E-state index in [9.17, 15) is 0 Å². The number of anilines is 1. The summed E-state index contributed by atoms with van der Waals surface area (Å²) in [5.74, 6) is 0. The third kappa shape index (κ3) is 2.70. The minimum Gasteiger partial charge on any atom is -0.366 e. The van der Waals surface area contributed by atoms with E-state index in [0.717, 1.165) is 16.7 Å². The summed E-state index contributed by atoms with van der Waals surface area (Å²) in [6.45, 7) is 2.67. The highest BCUT2D eigenvalue weighted by molar-refractivity contribution is 14.1. The molecule has 3 aromatic rings. The van der Waals surface area contributed by atoms with Gasteiger partial charge in [0.2, 0.25) is 0 Å². The van der Waals surface area contributed by atoms with Crippen LogP contribution in [0.1, 0.15) is 5.56 Å². The molecule has 0 saturated carbocycles. The van der Waals surface area contributed by atoms with E-state index in [4.69, 9.17) is 0 Å². The summed E-state index contributed by atoms with van der Waals surface area (Å²) in [5, 5.41) is 11.7. The first kappa shape index (κ1) is 12.4. The molecule has 0 aliphatic carbocycles. The zero-order valence-corrected chi connectivity index (χ0v) is 12.6. The van der Waals surface area contributed by atoms with Crippen LogP contribution in [0.5, 0.6) is 0 Å². The second kappa shape index (κ2) is 5.16. The van der Waals surface area contributed by atoms with Crippen molar-refractivity contribution in [2.24, 2.45) is 0 Å². The lowest BCUT2D eigenvalue weighted by atomic mass is 10.2. The average Bonchev–Trinajstić information content (AvgIpc) is 2.80. The fraction of sp³-hybridized carbons (Fsp3) is 0.143. The van der Waals surface area contributed by atoms with Gasteiger partial charge in [-0.2, -0.15) is 0 Å². The van der Waals surface area contributed by atoms with Gasteiger partial charge in [0.15, 0.2) is 0 Å². The zero-order chi connectivity index (χ0) is 13.2. The second-order valence-electron chi connectivity index (χ2n) is 4.42. The van der Waals surface area contributed by atoms with Gasteiger partial charge in [-0.25, -0.2) is 4.68 Å². The van der Waals surface area contributed by atoms with Gasteiger partial charge in [0.05, 0.1) is 5.52 Å². The molecule has 3 rings (SSSR count). The number of fused-ring (bicyclic) bond motifs is 1. The number of benzene rings is 2. The first-order chi connectivity index (χ1) is 9.22. The molecule has 4 nitrogen and oxygen atoms in total. The van der Waals surface area contributed by atoms with Crippen LogP contribution in [0.25, 0.3) is 11.0 Å². The highest BCUT2D eigenvalue weighted by Gasteiger charge is 2.03. The van der Waals surface area contributed by atoms with Crippen molar-refractivity contribution in [2.45, 2.75) is 13.6 Å². The summed E-state index contributed by atoms with van der Waals surface area (Å²) in [5.41, 5.74) is 4.26. The van der Waals surface area contributed by atoms with Crippen molar-refractivity contribution in [3.05, 3.63) is 51.6 Å². The molecule has 0 amide bonds. The second-order valence-corrected chi connectivity index (χ2v) is 5.67. The fourth-order valence-corrected chi connectivity index (χ4v) is 2.29. The summed E-state index contributed by atoms with van der Waals surface area (Å²) in [6.07, 6.45) is 0. The van der Waals surface area contributed by atoms with Crippen molar-refractivity contribution in [1.82, 2.24) is 15.0 Å². The highest BCUT2D eigenvalue weighted by Crippen LogP contribution is 2.14. The monoisotopic (exact) mass is 364 g/mol. The lowest BCUT2D eigenvalue weighted by Crippen LogP contribution is -2.09. The van der Waals surface area contributed by atoms with Crippen molar-refractivity contribution in [3.8, 4) is 0 Å². The number of rotatable bonds is 3. The van der Waals surface area contributed by atoms with Gasteiger partial charge in [-0.05, 0) is 71.5 Å². The molecular formula is C14H13IN4. The highest BCUT2D eigenvalue weighted by atomic mass is 127. The van der Waals surface area contributed by atoms with Crippen LogP contribution in [0.15, 0.2) is 42.5 Å². The Morgan fingerprint density at radius 2 is 1.95 bits per heavy atom. The molecule has 0 aliphatic heterocycles. The van der Waals surface area contributed by atoms with Crippen molar-refractivity contribution in [3.63, 3.8) is 0 Å². The standard InChI is InChI=1S/C14H13IN4/c1-10-2-7-14-13(8-10)17-18-19(14)9-16-12-5-3-11(15)4-6-12/h2-8,16H,9H2,1H3. The van der Waals surface area contributed by atoms with Crippen LogP contribution >= 0.6 is 22.6 Å². The van der Waals surface area contributed by atoms with E-state index in [-0.39, 0.29) is 0 Å². The van der Waals surface area contributed by atoms with Crippen LogP contribution in [0, 0.1) is 10.5 Å². The van der Waals surface area contributed by atoms with E-state index >= 15 is 0 Å². The van der Waals surface area contributed by atoms with Crippen LogP contribution in [0.4, 0.5) is 5.69 Å². The SMILES string of the molecule is Cc1ccc2c(c1)nnn2CNc1ccc(I)cc1. The number of halogens is 1. The Kier molecular flexibility index (Phi) is 3.37. The third-order valence-corrected chi connectivity index (χ3v) is 3.67. The molecule has 19 heavy (non-hydrogen) atoms. The molecule has 0 radical (unpaired) electrons. The number of aromatic nitrogens is 3. The van der Waals surface area contributed by atoms with Gasteiger partial charge in [0, 0.05) is 9.26 Å². The topological polar surface area (TPSA) is 42.7 Å². The molecule has 0 aliphatic rings. The van der Waals surface area contributed by atoms with Gasteiger partial charge >= 0.3 is 0 Å². The molecule has 2 aromatic carbocycles. The normalized spacial score (nSPS) is 10.8. The van der Waals surface area contributed by atoms with Crippen molar-refractivity contribution in [2.75, 3.05) is 5.32 Å². The number of hydrogen-bond acceptors (Lipinski definition) is 3. The Morgan fingerprint density at radius 1 is 1.16 bits per heavy atom. The largest absolute Gasteiger partial charge is 0.366 e. The lowest BCUT2D eigenvalue weighted by Gasteiger charge is -2.07. The van der Waals surface area contributed by atoms with Crippen LogP contribution in [0.3, 0.4) is 0 Å². The molecule has 0 atom stereocenters. The lowest BCUT2D eigenvalue weighted by molar-refractivity contribution is 0.655. The Labute approximate surface area is 125 Å². The van der Waals surface area contributed by atoms with Gasteiger partial charge in [0.25, 0.3) is 0 Å². The van der Waals surface area contributed by atoms with E-state index in [0.29, 0.717) is 6.67 Å². The van der Waals surface area contributed by atoms with Crippen LogP contribution < -0.4 is 5.32 Å². The quantitative estimate of drug-likeness (QED) is 0.725. The third-order valence-electron chi connectivity index (χ3n) is 2.95. The number of nitrogens with zero attached hydrogens (tertiary/aromatic N) is 3. The summed E-state index contributed by atoms with van der Waals surface area (Å²) in [4.78, 5) is 0. The summed E-state index contributed by atoms with van der Waals surface area (Å²) >= 11 is 2.29. The summed E-state index contributed by atoms with van der Waals surface area (Å²) < 4.78 is 3.09. The summed E-state index contributed by atoms with van der Waals surface area (Å²) in [7, 11) is 0. The van der Waals surface area contributed by atoms with Gasteiger partial charge in [-0.15, -0.1) is 5.10 Å². The first-order valence-electron chi connectivity index (χ1n) is 6.02. The first-order valence-corrected chi connectivity index (χ1v) is 7.09. The van der Waals surface area contributed by atoms with E-state index < -0.39 is 0 Å². The van der Waals surface area contributed by atoms with E-state index in [1.54, 1.807) is 0 Å². The molecule has 5 heteroatoms. The van der Waals surface area contributed by atoms with Crippen LogP contribution in [-0.4, -0.2) is 15.0 Å². The molecule has 1 N–H and O–H groups in total. The Bertz CT molecular complexity index is 703. The molecule has 1 aromatic heterocycles. The van der Waals surface area contributed by atoms with E-state index in [2.05, 4.69) is 81.5 Å². The molecule has 0 saturated heterocycles. The van der Waals surface area contributed by atoms with Crippen molar-refractivity contribution < 1.29 is 0 Å². The minimum atomic E-state index is 0.611. The molecule has 1 heterocycles. The average molecular weight is 364 g/mol. The van der Waals surface area contributed by atoms with Crippen LogP contribution in [0.2, 0.25) is 0 Å². The Hall–Kier alpha value is -1.63. The maximum absolute atomic E-state index is 4.18. The van der Waals surface area contributed by atoms with E-state index in [1.807, 2.05) is 10.7 Å². The van der Waals surface area contributed by atoms with Gasteiger partial charge in [-0.1, -0.05) is 11.3 Å². The smallest absolute Gasteiger partial charge is 0.113 e. The van der Waals surface area contributed by atoms with E-state index in [1.165, 1.54) is 9.13 Å². The minimum absolute atomic E-state index is 0.611. The number of hydrogen-bond donors (Lipinski definition) is 1. The molecule has 0 fully saturated rings. The molecule has 0 bridgehead atoms. The predicted molar refractivity (Wildman–Crippen MR) is 85.0 cm³/mol. The van der Waals surface area contributed by atoms with Gasteiger partial charge in [0.1, 0.15) is 12.2 Å². The molecule has 96 valence electrons. The number of aryl methyl sites for hydroxylation is 1. The summed E-state index contributed by atoms with van der Waals surface area (Å²) in [6, 6.07) is 14.4. The fourth-order valence-electron chi connectivity index (χ4n) is 1.93. The maximum Gasteiger partial charge on any atom is 0.113 e. The van der Waals surface area contributed by atoms with Gasteiger partial charge in [-0.3, -0.25) is 0 Å². The maximum atomic E-state index is 4.18. The van der Waals surface area contributed by atoms with Crippen molar-refractivity contribution >= 4 is 39.3 Å². The van der Waals surface area contributed by atoms with Crippen LogP contribution in [-0.2, 0) is 6.67 Å². The predicted octanol–water partition coefficient (Wildman–Crippen LogP) is 3.41. The molecular weight excluding hydrogens is 351 g/mol. The Balaban J connectivity index is 1.80. The zero-order valence-electron chi connectivity index (χ0n) is 10.5.